The summed E-state index contributed by atoms with van der Waals surface area (Å²) in [7, 11) is 0. The van der Waals surface area contributed by atoms with Gasteiger partial charge >= 0.3 is 23.9 Å². The number of esters is 4. The molecule has 0 aromatic carbocycles. The number of hydrogen-bond acceptors (Lipinski definition) is 32. The van der Waals surface area contributed by atoms with Gasteiger partial charge in [-0.3, -0.25) is 38.4 Å². The number of carbonyl (C=O) groups excluding carboxylic acids is 8. The molecule has 32 heteroatoms. The number of thiazole rings is 2. The number of rotatable bonds is 10. The van der Waals surface area contributed by atoms with Crippen molar-refractivity contribution in [1.29, 1.82) is 0 Å². The highest BCUT2D eigenvalue weighted by Crippen LogP contribution is 2.59. The van der Waals surface area contributed by atoms with Crippen molar-refractivity contribution in [1.82, 2.24) is 19.9 Å². The van der Waals surface area contributed by atoms with Gasteiger partial charge in [0.25, 0.3) is 0 Å². The maximum atomic E-state index is 13.3. The van der Waals surface area contributed by atoms with Gasteiger partial charge in [0.2, 0.25) is 5.89 Å². The number of aryl methyl sites for hydroxylation is 2. The minimum absolute atomic E-state index is 0.0120. The highest BCUT2D eigenvalue weighted by Gasteiger charge is 2.62. The van der Waals surface area contributed by atoms with Gasteiger partial charge in [-0.15, -0.1) is 22.7 Å². The Morgan fingerprint density at radius 3 is 1.00 bits per heavy atom. The molecule has 10 aliphatic rings. The number of nitrogens with two attached hydrogens (primary N) is 2. The van der Waals surface area contributed by atoms with E-state index >= 15 is 0 Å². The van der Waals surface area contributed by atoms with Gasteiger partial charge in [-0.05, 0) is 231 Å². The average Bonchev–Trinajstić information content (AvgIpc) is 1.58. The second-order valence-corrected chi connectivity index (χ2v) is 48.9. The summed E-state index contributed by atoms with van der Waals surface area (Å²) in [5, 5.41) is 93.3. The third kappa shape index (κ3) is 29.1. The van der Waals surface area contributed by atoms with Crippen LogP contribution in [0.25, 0.3) is 24.3 Å². The van der Waals surface area contributed by atoms with Crippen LogP contribution in [0.4, 0.5) is 0 Å². The number of Topliss-reactive ketones (excluding diaryl/α,β-unsaturated/α-hetero) is 4. The number of oxazole rings is 2. The molecule has 4 saturated heterocycles. The van der Waals surface area contributed by atoms with Gasteiger partial charge in [0.05, 0.1) is 143 Å². The number of aliphatic hydroxyl groups excluding tert-OH is 8. The molecular weight excluding hydrogens is 1880 g/mol. The van der Waals surface area contributed by atoms with Crippen molar-refractivity contribution in [3.8, 4) is 0 Å². The van der Waals surface area contributed by atoms with Crippen molar-refractivity contribution in [2.24, 2.45) is 128 Å². The normalized spacial score (nSPS) is 38.9. The monoisotopic (exact) mass is 2040 g/mol. The van der Waals surface area contributed by atoms with Crippen molar-refractivity contribution >= 4 is 94.0 Å². The van der Waals surface area contributed by atoms with Crippen LogP contribution in [0.5, 0.6) is 0 Å². The van der Waals surface area contributed by atoms with Gasteiger partial charge in [-0.2, -0.15) is 0 Å². The number of carbonyl (C=O) groups is 8. The van der Waals surface area contributed by atoms with Gasteiger partial charge in [0.15, 0.2) is 5.89 Å². The maximum absolute atomic E-state index is 13.3. The quantitative estimate of drug-likeness (QED) is 0.0305. The van der Waals surface area contributed by atoms with E-state index in [0.717, 1.165) is 95.1 Å². The summed E-state index contributed by atoms with van der Waals surface area (Å²) in [5.74, 6) is -1.80. The summed E-state index contributed by atoms with van der Waals surface area (Å²) < 4.78 is 46.3. The van der Waals surface area contributed by atoms with E-state index in [2.05, 4.69) is 59.8 Å². The summed E-state index contributed by atoms with van der Waals surface area (Å²) in [4.78, 5) is 123. The number of allylic oxidation sites excluding steroid dienone is 2. The smallest absolute Gasteiger partial charge is 0.309 e. The fraction of sp³-hybridized carbons (Fsp3) is 0.714. The first-order valence-corrected chi connectivity index (χ1v) is 53.8. The molecule has 14 rings (SSSR count). The van der Waals surface area contributed by atoms with Crippen LogP contribution in [-0.2, 0) is 79.9 Å². The number of fused-ring (bicyclic) bond motifs is 6. The number of hydrogen-bond donors (Lipinski definition) is 10. The molecule has 12 N–H and O–H groups in total. The lowest BCUT2D eigenvalue weighted by molar-refractivity contribution is -0.156. The van der Waals surface area contributed by atoms with Crippen LogP contribution in [-0.4, -0.2) is 204 Å². The molecule has 12 unspecified atom stereocenters. The number of ketones is 4. The maximum Gasteiger partial charge on any atom is 0.309 e. The van der Waals surface area contributed by atoms with Crippen LogP contribution >= 0.6 is 22.7 Å². The second kappa shape index (κ2) is 47.6. The van der Waals surface area contributed by atoms with E-state index in [9.17, 15) is 79.2 Å². The van der Waals surface area contributed by atoms with Crippen LogP contribution < -0.4 is 11.5 Å². The number of aliphatic hydroxyl groups is 8. The van der Waals surface area contributed by atoms with E-state index in [1.54, 1.807) is 114 Å². The number of aromatic nitrogens is 4. The molecule has 800 valence electrons. The van der Waals surface area contributed by atoms with Gasteiger partial charge in [-0.25, -0.2) is 19.9 Å². The second-order valence-electron chi connectivity index (χ2n) is 46.9. The summed E-state index contributed by atoms with van der Waals surface area (Å²) in [6.45, 7) is 48.2. The predicted molar refractivity (Wildman–Crippen MR) is 549 cm³/mol. The molecule has 32 atom stereocenters. The predicted octanol–water partition coefficient (Wildman–Crippen LogP) is 16.3. The molecule has 4 saturated carbocycles. The van der Waals surface area contributed by atoms with E-state index < -0.39 is 142 Å². The number of epoxide rings is 2. The lowest BCUT2D eigenvalue weighted by Gasteiger charge is -2.34. The number of nitrogens with zero attached hydrogens (tertiary/aromatic N) is 4. The van der Waals surface area contributed by atoms with Crippen molar-refractivity contribution in [3.05, 3.63) is 113 Å². The Labute approximate surface area is 859 Å². The first-order chi connectivity index (χ1) is 67.1. The standard InChI is InChI=1S/C28H42N2O6.C28H42N2O5S.C28H41NO7.C28H41NO6S/c1-15-7-8-22(16(2)10-20-14-35-24(13-29)30-20)36-25(32)12-23(31)28(5,6)27(34)18(4)26(33)17(3)21-11-19(21)9-15;1-15-7-8-22(16(2)10-20-14-36-24(13-29)30-20)35-25(32)12-23(31)28(5,6)27(34)18(4)26(33)17(3)21-11-19(21)9-15;1-14(8-19-13-34-17(4)29-19)21-10-23-28(7,36-23)12-18-9-20(18)15(2)25(32)16(3)26(33)27(5,6)22(30)11-24(31)35-21;1-14(8-19-13-36-17(4)29-19)21-10-23-28(7,35-23)12-18-9-20(18)15(2)25(32)16(3)26(33)27(5,6)22(30)11-24(31)34-21/h2*7,10,14,17-19,21-23,26,31,33H,8-9,11-13,29H2,1-6H3;2*8,13,15-16,18,20-23,25,30,32H,9-12H2,1-7H3/b2*15-7-,16-10+;2*14-8+/t2*17-,18+,19?,21?,22-,23-,26-;2*15-,16+,18?,20?,21-,22-,23?,25-,28?/m0000/s1. The lowest BCUT2D eigenvalue weighted by Crippen LogP contribution is -2.46. The highest BCUT2D eigenvalue weighted by atomic mass is 32.1. The Bertz CT molecular complexity index is 5050. The van der Waals surface area contributed by atoms with Crippen LogP contribution in [0.1, 0.15) is 313 Å². The molecule has 0 amide bonds. The molecule has 144 heavy (non-hydrogen) atoms. The van der Waals surface area contributed by atoms with Crippen molar-refractivity contribution in [2.45, 2.75) is 392 Å². The molecule has 4 aromatic heterocycles. The molecule has 10 heterocycles. The van der Waals surface area contributed by atoms with E-state index in [1.807, 2.05) is 91.3 Å². The summed E-state index contributed by atoms with van der Waals surface area (Å²) >= 11 is 3.05. The van der Waals surface area contributed by atoms with Gasteiger partial charge in [-0.1, -0.05) is 134 Å². The molecule has 6 aliphatic heterocycles. The third-order valence-electron chi connectivity index (χ3n) is 34.0. The third-order valence-corrected chi connectivity index (χ3v) is 35.6. The summed E-state index contributed by atoms with van der Waals surface area (Å²) in [6.07, 6.45) is 12.8. The Morgan fingerprint density at radius 2 is 0.688 bits per heavy atom. The first-order valence-electron chi connectivity index (χ1n) is 52.1. The van der Waals surface area contributed by atoms with Crippen LogP contribution in [0.2, 0.25) is 0 Å². The minimum atomic E-state index is -1.24. The van der Waals surface area contributed by atoms with Gasteiger partial charge < -0.3 is 89.6 Å². The van der Waals surface area contributed by atoms with E-state index in [0.29, 0.717) is 103 Å². The first kappa shape index (κ1) is 116. The fourth-order valence-electron chi connectivity index (χ4n) is 22.6. The molecule has 0 spiro atoms. The lowest BCUT2D eigenvalue weighted by atomic mass is 9.72. The Morgan fingerprint density at radius 1 is 0.382 bits per heavy atom. The van der Waals surface area contributed by atoms with Crippen LogP contribution in [0.3, 0.4) is 0 Å². The average molecular weight is 2040 g/mol. The Balaban J connectivity index is 0.000000183. The zero-order chi connectivity index (χ0) is 107. The van der Waals surface area contributed by atoms with Crippen molar-refractivity contribution in [2.75, 3.05) is 0 Å². The number of ether oxygens (including phenoxy) is 6. The van der Waals surface area contributed by atoms with Gasteiger partial charge in [0, 0.05) is 73.6 Å². The fourth-order valence-corrected chi connectivity index (χ4v) is 23.8. The number of cyclic esters (lactones) is 4. The minimum Gasteiger partial charge on any atom is -0.458 e. The Kier molecular flexibility index (Phi) is 38.5. The van der Waals surface area contributed by atoms with E-state index in [4.69, 9.17) is 48.7 Å². The van der Waals surface area contributed by atoms with E-state index in [1.165, 1.54) is 28.7 Å². The highest BCUT2D eigenvalue weighted by molar-refractivity contribution is 7.10. The molecular formula is C112H166N6O24S2. The molecule has 0 radical (unpaired) electrons. The largest absolute Gasteiger partial charge is 0.458 e. The SMILES string of the molecule is C/C(=C\c1coc(C)n1)[C@@H]1CC2OC2(C)CC2CC2[C@H](C)[C@H](O)[C@@H](C)C(=O)C(C)(C)[C@@H](O)CC(=O)O1.C/C(=C\c1csc(C)n1)[C@@H]1CC2OC2(C)CC2CC2[C@H](C)[C@H](O)[C@@H](C)C(=O)C(C)(C)[C@@H](O)CC(=O)O1.C/C1=C/C[C@@H](/C(C)=C/c2coc(CN)n2)OC(=O)C[C@H](O)C(C)(C)C(=O)[C@H](C)[C@@H](O)[C@@H](C)C2CC2C1.C/C1=C/C[C@@H](/C(C)=C/c2csc(CN)n2)OC(=O)C[C@H](O)C(C)(C)C(=O)[C@H](C)[C@@H](O)[C@@H](C)C2CC2C1. The van der Waals surface area contributed by atoms with Crippen LogP contribution in [0.15, 0.2) is 77.7 Å². The van der Waals surface area contributed by atoms with Crippen molar-refractivity contribution < 1.29 is 116 Å². The molecule has 30 nitrogen and oxygen atoms in total. The summed E-state index contributed by atoms with van der Waals surface area (Å²) in [6, 6.07) is 0. The zero-order valence-electron chi connectivity index (χ0n) is 89.7. The summed E-state index contributed by atoms with van der Waals surface area (Å²) in [5.41, 5.74) is 14.4. The molecule has 4 aliphatic carbocycles. The topological polar surface area (TPSA) is 490 Å². The Hall–Kier alpha value is -7.80. The zero-order valence-corrected chi connectivity index (χ0v) is 91.3. The molecule has 8 fully saturated rings. The van der Waals surface area contributed by atoms with Gasteiger partial charge in [0.1, 0.15) is 76.5 Å². The van der Waals surface area contributed by atoms with Crippen molar-refractivity contribution in [3.63, 3.8) is 0 Å². The van der Waals surface area contributed by atoms with E-state index in [-0.39, 0.29) is 102 Å². The molecule has 0 bridgehead atoms. The van der Waals surface area contributed by atoms with Crippen LogP contribution in [0, 0.1) is 130 Å². The molecule has 4 aromatic rings.